The normalized spacial score (nSPS) is 31.5. The summed E-state index contributed by atoms with van der Waals surface area (Å²) in [5.41, 5.74) is 0. The topological polar surface area (TPSA) is 23.6 Å². The number of halogens is 3. The summed E-state index contributed by atoms with van der Waals surface area (Å²) in [5.74, 6) is -2.51. The van der Waals surface area contributed by atoms with Gasteiger partial charge in [0.1, 0.15) is 6.29 Å². The van der Waals surface area contributed by atoms with E-state index in [0.29, 0.717) is 13.1 Å². The maximum atomic E-state index is 12.9. The zero-order valence-electron chi connectivity index (χ0n) is 8.36. The molecule has 2 heterocycles. The monoisotopic (exact) mass is 240 g/mol. The lowest BCUT2D eigenvalue weighted by molar-refractivity contribution is -0.111. The number of hydrogen-bond acceptors (Lipinski definition) is 3. The Kier molecular flexibility index (Phi) is 4.03. The number of hydrogen-bond donors (Lipinski definition) is 0. The van der Waals surface area contributed by atoms with Gasteiger partial charge < -0.3 is 4.79 Å². The molecule has 0 saturated carbocycles. The summed E-state index contributed by atoms with van der Waals surface area (Å²) in [6, 6.07) is 0. The van der Waals surface area contributed by atoms with Gasteiger partial charge in [0, 0.05) is 32.0 Å². The van der Waals surface area contributed by atoms with Gasteiger partial charge in [-0.1, -0.05) is 0 Å². The quantitative estimate of drug-likeness (QED) is 0.678. The average molecular weight is 241 g/mol. The molecule has 0 unspecified atom stereocenters. The van der Waals surface area contributed by atoms with Gasteiger partial charge in [0.25, 0.3) is 5.92 Å². The fourth-order valence-electron chi connectivity index (χ4n) is 2.10. The lowest BCUT2D eigenvalue weighted by Crippen LogP contribution is -2.40. The molecule has 2 aliphatic rings. The lowest BCUT2D eigenvalue weighted by Gasteiger charge is -2.26. The molecule has 0 N–H and O–H groups in total. The van der Waals surface area contributed by atoms with E-state index in [2.05, 4.69) is 0 Å². The molecule has 0 radical (unpaired) electrons. The number of carbonyl (C=O) groups excluding carboxylic acids is 1. The van der Waals surface area contributed by atoms with Crippen molar-refractivity contribution in [1.29, 1.82) is 0 Å². The number of hydrazine groups is 1. The molecule has 0 bridgehead atoms. The van der Waals surface area contributed by atoms with E-state index in [0.717, 1.165) is 19.3 Å². The Labute approximate surface area is 93.8 Å². The van der Waals surface area contributed by atoms with E-state index in [9.17, 15) is 13.6 Å². The lowest BCUT2D eigenvalue weighted by atomic mass is 10.1. The summed E-state index contributed by atoms with van der Waals surface area (Å²) in [6.07, 6.45) is 1.66. The van der Waals surface area contributed by atoms with Gasteiger partial charge in [0.05, 0.1) is 6.54 Å². The highest BCUT2D eigenvalue weighted by Gasteiger charge is 2.41. The smallest absolute Gasteiger partial charge is 0.263 e. The first-order valence-electron chi connectivity index (χ1n) is 4.94. The molecule has 0 amide bonds. The minimum absolute atomic E-state index is 0. The third-order valence-corrected chi connectivity index (χ3v) is 2.95. The highest BCUT2D eigenvalue weighted by molar-refractivity contribution is 5.85. The van der Waals surface area contributed by atoms with Crippen LogP contribution < -0.4 is 0 Å². The first kappa shape index (κ1) is 12.8. The summed E-state index contributed by atoms with van der Waals surface area (Å²) < 4.78 is 25.8. The molecule has 1 atom stereocenters. The molecule has 88 valence electrons. The molecular weight excluding hydrogens is 226 g/mol. The van der Waals surface area contributed by atoms with Crippen molar-refractivity contribution in [3.63, 3.8) is 0 Å². The van der Waals surface area contributed by atoms with Crippen molar-refractivity contribution < 1.29 is 13.6 Å². The van der Waals surface area contributed by atoms with Crippen LogP contribution in [0.3, 0.4) is 0 Å². The molecule has 6 heteroatoms. The summed E-state index contributed by atoms with van der Waals surface area (Å²) in [6.45, 7) is 1.58. The fraction of sp³-hybridized carbons (Fsp3) is 0.889. The van der Waals surface area contributed by atoms with E-state index in [1.165, 1.54) is 0 Å². The van der Waals surface area contributed by atoms with Gasteiger partial charge in [-0.05, 0) is 6.42 Å². The minimum Gasteiger partial charge on any atom is -0.303 e. The molecule has 0 aromatic heterocycles. The van der Waals surface area contributed by atoms with Gasteiger partial charge in [-0.15, -0.1) is 12.4 Å². The van der Waals surface area contributed by atoms with E-state index < -0.39 is 5.92 Å². The van der Waals surface area contributed by atoms with Crippen LogP contribution in [-0.4, -0.2) is 48.4 Å². The van der Waals surface area contributed by atoms with Gasteiger partial charge in [-0.2, -0.15) is 0 Å². The molecule has 15 heavy (non-hydrogen) atoms. The second kappa shape index (κ2) is 4.72. The van der Waals surface area contributed by atoms with Crippen LogP contribution in [0.1, 0.15) is 12.8 Å². The van der Waals surface area contributed by atoms with Crippen molar-refractivity contribution in [3.05, 3.63) is 0 Å². The Bertz CT molecular complexity index is 240. The first-order chi connectivity index (χ1) is 6.61. The average Bonchev–Trinajstić information content (AvgIpc) is 2.70. The summed E-state index contributed by atoms with van der Waals surface area (Å²) in [5, 5.41) is 3.57. The number of alkyl halides is 2. The van der Waals surface area contributed by atoms with Crippen LogP contribution in [0, 0.1) is 5.92 Å². The van der Waals surface area contributed by atoms with Crippen molar-refractivity contribution in [1.82, 2.24) is 10.0 Å². The van der Waals surface area contributed by atoms with E-state index in [-0.39, 0.29) is 31.3 Å². The predicted octanol–water partition coefficient (Wildman–Crippen LogP) is 1.18. The zero-order chi connectivity index (χ0) is 10.2. The molecular formula is C9H15ClF2N2O. The van der Waals surface area contributed by atoms with E-state index in [4.69, 9.17) is 0 Å². The second-order valence-corrected chi connectivity index (χ2v) is 4.09. The van der Waals surface area contributed by atoms with Crippen molar-refractivity contribution in [2.45, 2.75) is 18.8 Å². The predicted molar refractivity (Wildman–Crippen MR) is 54.1 cm³/mol. The van der Waals surface area contributed by atoms with Crippen LogP contribution in [0.4, 0.5) is 8.78 Å². The van der Waals surface area contributed by atoms with Gasteiger partial charge in [-0.3, -0.25) is 0 Å². The van der Waals surface area contributed by atoms with Crippen LogP contribution in [0.25, 0.3) is 0 Å². The third-order valence-electron chi connectivity index (χ3n) is 2.95. The molecule has 3 nitrogen and oxygen atoms in total. The Morgan fingerprint density at radius 2 is 2.00 bits per heavy atom. The molecule has 2 saturated heterocycles. The maximum Gasteiger partial charge on any atom is 0.263 e. The fourth-order valence-corrected chi connectivity index (χ4v) is 2.10. The molecule has 0 aromatic rings. The number of nitrogens with zero attached hydrogens (tertiary/aromatic N) is 2. The van der Waals surface area contributed by atoms with Gasteiger partial charge in [0.15, 0.2) is 0 Å². The Balaban J connectivity index is 0.00000112. The van der Waals surface area contributed by atoms with Crippen LogP contribution >= 0.6 is 12.4 Å². The van der Waals surface area contributed by atoms with E-state index in [1.54, 1.807) is 5.01 Å². The second-order valence-electron chi connectivity index (χ2n) is 4.09. The zero-order valence-corrected chi connectivity index (χ0v) is 9.18. The van der Waals surface area contributed by atoms with Gasteiger partial charge >= 0.3 is 0 Å². The number of rotatable bonds is 2. The Morgan fingerprint density at radius 1 is 1.27 bits per heavy atom. The third kappa shape index (κ3) is 2.86. The van der Waals surface area contributed by atoms with Crippen molar-refractivity contribution >= 4 is 18.7 Å². The molecule has 2 rings (SSSR count). The SMILES string of the molecule is Cl.O=C[C@@H]1CCN(N2CCC(F)(F)C2)C1. The van der Waals surface area contributed by atoms with Crippen LogP contribution in [0.15, 0.2) is 0 Å². The van der Waals surface area contributed by atoms with Crippen molar-refractivity contribution in [2.75, 3.05) is 26.2 Å². The molecule has 0 spiro atoms. The first-order valence-corrected chi connectivity index (χ1v) is 4.94. The van der Waals surface area contributed by atoms with Crippen molar-refractivity contribution in [2.24, 2.45) is 5.92 Å². The van der Waals surface area contributed by atoms with E-state index >= 15 is 0 Å². The largest absolute Gasteiger partial charge is 0.303 e. The number of aldehydes is 1. The number of carbonyl (C=O) groups is 1. The maximum absolute atomic E-state index is 12.9. The standard InChI is InChI=1S/C9H14F2N2O.ClH/c10-9(11)2-4-13(7-9)12-3-1-8(5-12)6-14;/h6,8H,1-5,7H2;1H/t8-;/m1./s1. The van der Waals surface area contributed by atoms with E-state index in [1.807, 2.05) is 5.01 Å². The molecule has 0 aliphatic carbocycles. The molecule has 2 fully saturated rings. The molecule has 2 aliphatic heterocycles. The van der Waals surface area contributed by atoms with Crippen LogP contribution in [0.5, 0.6) is 0 Å². The summed E-state index contributed by atoms with van der Waals surface area (Å²) in [4.78, 5) is 10.5. The van der Waals surface area contributed by atoms with Crippen molar-refractivity contribution in [3.8, 4) is 0 Å². The van der Waals surface area contributed by atoms with Crippen LogP contribution in [-0.2, 0) is 4.79 Å². The minimum atomic E-state index is -2.54. The molecule has 0 aromatic carbocycles. The highest BCUT2D eigenvalue weighted by atomic mass is 35.5. The van der Waals surface area contributed by atoms with Crippen LogP contribution in [0.2, 0.25) is 0 Å². The summed E-state index contributed by atoms with van der Waals surface area (Å²) in [7, 11) is 0. The highest BCUT2D eigenvalue weighted by Crippen LogP contribution is 2.29. The Morgan fingerprint density at radius 3 is 2.47 bits per heavy atom. The van der Waals surface area contributed by atoms with Gasteiger partial charge in [0.2, 0.25) is 0 Å². The Hall–Kier alpha value is -0.260. The van der Waals surface area contributed by atoms with Gasteiger partial charge in [-0.25, -0.2) is 18.8 Å². The summed E-state index contributed by atoms with van der Waals surface area (Å²) >= 11 is 0.